The lowest BCUT2D eigenvalue weighted by molar-refractivity contribution is -0.137. The van der Waals surface area contributed by atoms with Gasteiger partial charge in [-0.05, 0) is 24.3 Å². The maximum absolute atomic E-state index is 11.6. The van der Waals surface area contributed by atoms with Crippen molar-refractivity contribution in [3.63, 3.8) is 0 Å². The molecule has 1 aromatic rings. The highest BCUT2D eigenvalue weighted by molar-refractivity contribution is 5.95. The molecule has 1 amide bonds. The fraction of sp³-hybridized carbons (Fsp3) is 0.200. The van der Waals surface area contributed by atoms with Crippen LogP contribution in [-0.2, 0) is 4.79 Å². The molecule has 0 aliphatic rings. The van der Waals surface area contributed by atoms with Crippen molar-refractivity contribution in [2.75, 3.05) is 13.6 Å². The molecule has 0 saturated carbocycles. The van der Waals surface area contributed by atoms with E-state index in [1.165, 1.54) is 31.3 Å². The second-order valence-corrected chi connectivity index (χ2v) is 3.10. The topological polar surface area (TPSA) is 77.8 Å². The van der Waals surface area contributed by atoms with Crippen LogP contribution < -0.4 is 0 Å². The molecule has 0 radical (unpaired) electrons. The Kier molecular flexibility index (Phi) is 3.28. The molecule has 0 atom stereocenters. The summed E-state index contributed by atoms with van der Waals surface area (Å²) < 4.78 is 0. The number of amides is 1. The van der Waals surface area contributed by atoms with Crippen LogP contribution in [0, 0.1) is 0 Å². The number of benzene rings is 1. The lowest BCUT2D eigenvalue weighted by Crippen LogP contribution is -2.31. The van der Waals surface area contributed by atoms with Crippen LogP contribution in [0.5, 0.6) is 5.75 Å². The first-order chi connectivity index (χ1) is 7.00. The minimum atomic E-state index is -1.07. The Morgan fingerprint density at radius 2 is 1.80 bits per heavy atom. The smallest absolute Gasteiger partial charge is 0.323 e. The fourth-order valence-corrected chi connectivity index (χ4v) is 1.10. The Labute approximate surface area is 86.6 Å². The number of aliphatic carboxylic acids is 1. The van der Waals surface area contributed by atoms with Crippen LogP contribution in [0.25, 0.3) is 0 Å². The third kappa shape index (κ3) is 2.98. The van der Waals surface area contributed by atoms with Crippen molar-refractivity contribution in [1.29, 1.82) is 0 Å². The Hall–Kier alpha value is -2.04. The molecule has 5 nitrogen and oxygen atoms in total. The van der Waals surface area contributed by atoms with Crippen molar-refractivity contribution in [3.8, 4) is 5.75 Å². The van der Waals surface area contributed by atoms with E-state index in [0.717, 1.165) is 4.90 Å². The van der Waals surface area contributed by atoms with Gasteiger partial charge in [0.15, 0.2) is 0 Å². The van der Waals surface area contributed by atoms with Crippen molar-refractivity contribution in [2.45, 2.75) is 0 Å². The molecule has 0 unspecified atom stereocenters. The summed E-state index contributed by atoms with van der Waals surface area (Å²) in [5.74, 6) is -1.39. The van der Waals surface area contributed by atoms with Crippen molar-refractivity contribution < 1.29 is 19.8 Å². The molecule has 2 N–H and O–H groups in total. The minimum Gasteiger partial charge on any atom is -0.508 e. The molecule has 0 saturated heterocycles. The summed E-state index contributed by atoms with van der Waals surface area (Å²) in [5.41, 5.74) is 0.344. The summed E-state index contributed by atoms with van der Waals surface area (Å²) in [7, 11) is 1.41. The number of carboxylic acid groups (broad SMARTS) is 1. The van der Waals surface area contributed by atoms with Gasteiger partial charge in [-0.15, -0.1) is 0 Å². The van der Waals surface area contributed by atoms with Gasteiger partial charge in [-0.25, -0.2) is 0 Å². The van der Waals surface area contributed by atoms with Gasteiger partial charge in [-0.3, -0.25) is 9.59 Å². The molecule has 0 heterocycles. The van der Waals surface area contributed by atoms with Crippen LogP contribution in [0.2, 0.25) is 0 Å². The van der Waals surface area contributed by atoms with E-state index in [0.29, 0.717) is 5.56 Å². The van der Waals surface area contributed by atoms with Crippen molar-refractivity contribution in [2.24, 2.45) is 0 Å². The van der Waals surface area contributed by atoms with Gasteiger partial charge in [-0.1, -0.05) is 0 Å². The number of hydrogen-bond acceptors (Lipinski definition) is 3. The Morgan fingerprint density at radius 3 is 2.27 bits per heavy atom. The van der Waals surface area contributed by atoms with Gasteiger partial charge in [0.1, 0.15) is 12.3 Å². The number of likely N-dealkylation sites (N-methyl/N-ethyl adjacent to an activating group) is 1. The van der Waals surface area contributed by atoms with Crippen LogP contribution >= 0.6 is 0 Å². The summed E-state index contributed by atoms with van der Waals surface area (Å²) in [6.45, 7) is -0.348. The molecule has 1 aromatic carbocycles. The van der Waals surface area contributed by atoms with E-state index in [1.807, 2.05) is 0 Å². The van der Waals surface area contributed by atoms with Gasteiger partial charge < -0.3 is 15.1 Å². The third-order valence-electron chi connectivity index (χ3n) is 1.83. The van der Waals surface area contributed by atoms with Crippen molar-refractivity contribution in [1.82, 2.24) is 4.90 Å². The molecule has 15 heavy (non-hydrogen) atoms. The predicted octanol–water partition coefficient (Wildman–Crippen LogP) is 0.549. The first kappa shape index (κ1) is 11.0. The average molecular weight is 209 g/mol. The lowest BCUT2D eigenvalue weighted by atomic mass is 10.2. The molecule has 0 aliphatic carbocycles. The highest BCUT2D eigenvalue weighted by Crippen LogP contribution is 2.10. The number of carbonyl (C=O) groups excluding carboxylic acids is 1. The van der Waals surface area contributed by atoms with Gasteiger partial charge in [0, 0.05) is 12.6 Å². The Balaban J connectivity index is 2.76. The van der Waals surface area contributed by atoms with E-state index in [1.54, 1.807) is 0 Å². The Bertz CT molecular complexity index is 372. The highest BCUT2D eigenvalue weighted by atomic mass is 16.4. The number of nitrogens with zero attached hydrogens (tertiary/aromatic N) is 1. The zero-order valence-corrected chi connectivity index (χ0v) is 8.17. The van der Waals surface area contributed by atoms with E-state index in [-0.39, 0.29) is 12.3 Å². The normalized spacial score (nSPS) is 9.67. The van der Waals surface area contributed by atoms with Gasteiger partial charge >= 0.3 is 5.97 Å². The van der Waals surface area contributed by atoms with Crippen LogP contribution in [0.4, 0.5) is 0 Å². The number of rotatable bonds is 3. The molecule has 0 aromatic heterocycles. The van der Waals surface area contributed by atoms with Crippen LogP contribution in [0.1, 0.15) is 10.4 Å². The average Bonchev–Trinajstić information content (AvgIpc) is 2.17. The summed E-state index contributed by atoms with van der Waals surface area (Å²) in [4.78, 5) is 23.0. The summed E-state index contributed by atoms with van der Waals surface area (Å²) in [6.07, 6.45) is 0. The first-order valence-corrected chi connectivity index (χ1v) is 4.27. The molecule has 5 heteroatoms. The molecule has 0 fully saturated rings. The molecular weight excluding hydrogens is 198 g/mol. The van der Waals surface area contributed by atoms with E-state index in [9.17, 15) is 9.59 Å². The highest BCUT2D eigenvalue weighted by Gasteiger charge is 2.13. The summed E-state index contributed by atoms with van der Waals surface area (Å²) in [6, 6.07) is 5.63. The molecule has 0 aliphatic heterocycles. The zero-order valence-electron chi connectivity index (χ0n) is 8.17. The molecule has 0 bridgehead atoms. The minimum absolute atomic E-state index is 0.0624. The number of carboxylic acids is 1. The van der Waals surface area contributed by atoms with Crippen LogP contribution in [0.3, 0.4) is 0 Å². The largest absolute Gasteiger partial charge is 0.508 e. The number of carbonyl (C=O) groups is 2. The van der Waals surface area contributed by atoms with E-state index < -0.39 is 11.9 Å². The maximum atomic E-state index is 11.6. The van der Waals surface area contributed by atoms with E-state index in [4.69, 9.17) is 10.2 Å². The standard InChI is InChI=1S/C10H11NO4/c1-11(6-9(13)14)10(15)7-2-4-8(12)5-3-7/h2-5,12H,6H2,1H3,(H,13,14). The maximum Gasteiger partial charge on any atom is 0.323 e. The fourth-order valence-electron chi connectivity index (χ4n) is 1.10. The van der Waals surface area contributed by atoms with Gasteiger partial charge in [-0.2, -0.15) is 0 Å². The van der Waals surface area contributed by atoms with Crippen LogP contribution in [-0.4, -0.2) is 40.6 Å². The number of phenolic OH excluding ortho intramolecular Hbond substituents is 1. The van der Waals surface area contributed by atoms with Crippen molar-refractivity contribution >= 4 is 11.9 Å². The molecule has 80 valence electrons. The number of hydrogen-bond donors (Lipinski definition) is 2. The predicted molar refractivity (Wildman–Crippen MR) is 52.7 cm³/mol. The molecule has 0 spiro atoms. The second-order valence-electron chi connectivity index (χ2n) is 3.10. The lowest BCUT2D eigenvalue weighted by Gasteiger charge is -2.14. The second kappa shape index (κ2) is 4.45. The molecule has 1 rings (SSSR count). The van der Waals surface area contributed by atoms with Crippen LogP contribution in [0.15, 0.2) is 24.3 Å². The van der Waals surface area contributed by atoms with E-state index in [2.05, 4.69) is 0 Å². The van der Waals surface area contributed by atoms with Gasteiger partial charge in [0.05, 0.1) is 0 Å². The zero-order chi connectivity index (χ0) is 11.4. The SMILES string of the molecule is CN(CC(=O)O)C(=O)c1ccc(O)cc1. The summed E-state index contributed by atoms with van der Waals surface area (Å²) in [5, 5.41) is 17.5. The van der Waals surface area contributed by atoms with Gasteiger partial charge in [0.2, 0.25) is 0 Å². The van der Waals surface area contributed by atoms with E-state index >= 15 is 0 Å². The quantitative estimate of drug-likeness (QED) is 0.762. The van der Waals surface area contributed by atoms with Crippen molar-refractivity contribution in [3.05, 3.63) is 29.8 Å². The first-order valence-electron chi connectivity index (χ1n) is 4.27. The Morgan fingerprint density at radius 1 is 1.27 bits per heavy atom. The number of aromatic hydroxyl groups is 1. The summed E-state index contributed by atoms with van der Waals surface area (Å²) >= 11 is 0. The number of phenols is 1. The molecular formula is C10H11NO4. The monoisotopic (exact) mass is 209 g/mol. The third-order valence-corrected chi connectivity index (χ3v) is 1.83. The van der Waals surface area contributed by atoms with Gasteiger partial charge in [0.25, 0.3) is 5.91 Å².